The van der Waals surface area contributed by atoms with Gasteiger partial charge >= 0.3 is 0 Å². The first-order chi connectivity index (χ1) is 9.74. The molecule has 5 heteroatoms. The van der Waals surface area contributed by atoms with Gasteiger partial charge in [0.25, 0.3) is 0 Å². The zero-order valence-corrected chi connectivity index (χ0v) is 12.4. The molecule has 0 atom stereocenters. The molecule has 1 aromatic rings. The molecular weight excluding hydrogens is 259 g/mol. The van der Waals surface area contributed by atoms with E-state index in [1.165, 1.54) is 6.07 Å². The Labute approximate surface area is 120 Å². The molecule has 0 unspecified atom stereocenters. The largest absolute Gasteiger partial charge is 0.385 e. The Hall–Kier alpha value is -1.17. The summed E-state index contributed by atoms with van der Waals surface area (Å²) < 4.78 is 24.2. The van der Waals surface area contributed by atoms with Crippen LogP contribution in [-0.4, -0.2) is 47.1 Å². The minimum absolute atomic E-state index is 0.192. The first-order valence-electron chi connectivity index (χ1n) is 6.94. The summed E-state index contributed by atoms with van der Waals surface area (Å²) in [5.41, 5.74) is 7.18. The molecule has 0 aliphatic carbocycles. The fourth-order valence-corrected chi connectivity index (χ4v) is 2.19. The van der Waals surface area contributed by atoms with Crippen molar-refractivity contribution in [3.63, 3.8) is 0 Å². The van der Waals surface area contributed by atoms with Gasteiger partial charge in [-0.1, -0.05) is 6.07 Å². The van der Waals surface area contributed by atoms with Gasteiger partial charge in [0.05, 0.1) is 6.61 Å². The second kappa shape index (κ2) is 9.69. The number of rotatable bonds is 10. The highest BCUT2D eigenvalue weighted by Gasteiger charge is 2.14. The lowest BCUT2D eigenvalue weighted by Crippen LogP contribution is -2.30. The van der Waals surface area contributed by atoms with Crippen LogP contribution in [0.25, 0.3) is 0 Å². The molecule has 0 aliphatic rings. The number of anilines is 1. The molecule has 114 valence electrons. The molecule has 0 fully saturated rings. The third-order valence-electron chi connectivity index (χ3n) is 3.17. The highest BCUT2D eigenvalue weighted by molar-refractivity contribution is 5.54. The van der Waals surface area contributed by atoms with Crippen molar-refractivity contribution in [2.45, 2.75) is 12.8 Å². The molecule has 0 radical (unpaired) electrons. The van der Waals surface area contributed by atoms with Gasteiger partial charge in [-0.2, -0.15) is 0 Å². The average molecular weight is 284 g/mol. The van der Waals surface area contributed by atoms with Crippen LogP contribution in [0.5, 0.6) is 0 Å². The number of ether oxygens (including phenoxy) is 2. The number of halogens is 1. The second-order valence-corrected chi connectivity index (χ2v) is 4.60. The number of nitrogens with two attached hydrogens (primary N) is 1. The third-order valence-corrected chi connectivity index (χ3v) is 3.17. The fraction of sp³-hybridized carbons (Fsp3) is 0.600. The van der Waals surface area contributed by atoms with Crippen molar-refractivity contribution in [2.24, 2.45) is 5.73 Å². The van der Waals surface area contributed by atoms with Crippen molar-refractivity contribution in [3.05, 3.63) is 29.6 Å². The highest BCUT2D eigenvalue weighted by atomic mass is 19.1. The highest BCUT2D eigenvalue weighted by Crippen LogP contribution is 2.24. The minimum Gasteiger partial charge on any atom is -0.385 e. The average Bonchev–Trinajstić information content (AvgIpc) is 2.45. The van der Waals surface area contributed by atoms with Gasteiger partial charge in [-0.3, -0.25) is 0 Å². The van der Waals surface area contributed by atoms with E-state index in [1.807, 2.05) is 6.07 Å². The quantitative estimate of drug-likeness (QED) is 0.666. The van der Waals surface area contributed by atoms with E-state index in [0.717, 1.165) is 25.2 Å². The third kappa shape index (κ3) is 5.07. The summed E-state index contributed by atoms with van der Waals surface area (Å²) in [4.78, 5) is 2.14. The smallest absolute Gasteiger partial charge is 0.128 e. The molecule has 1 aromatic carbocycles. The van der Waals surface area contributed by atoms with E-state index in [-0.39, 0.29) is 5.82 Å². The fourth-order valence-electron chi connectivity index (χ4n) is 2.19. The lowest BCUT2D eigenvalue weighted by molar-refractivity contribution is 0.191. The van der Waals surface area contributed by atoms with E-state index < -0.39 is 0 Å². The molecule has 0 spiro atoms. The van der Waals surface area contributed by atoms with Crippen molar-refractivity contribution < 1.29 is 13.9 Å². The number of benzene rings is 1. The molecule has 0 heterocycles. The van der Waals surface area contributed by atoms with Gasteiger partial charge in [-0.05, 0) is 31.5 Å². The summed E-state index contributed by atoms with van der Waals surface area (Å²) in [6.45, 7) is 3.25. The van der Waals surface area contributed by atoms with Crippen LogP contribution < -0.4 is 10.6 Å². The maximum absolute atomic E-state index is 14.0. The lowest BCUT2D eigenvalue weighted by Gasteiger charge is -2.27. The van der Waals surface area contributed by atoms with Gasteiger partial charge in [-0.15, -0.1) is 0 Å². The molecule has 1 rings (SSSR count). The minimum atomic E-state index is -0.192. The zero-order chi connectivity index (χ0) is 14.8. The number of hydrogen-bond donors (Lipinski definition) is 1. The normalized spacial score (nSPS) is 10.8. The summed E-state index contributed by atoms with van der Waals surface area (Å²) in [7, 11) is 3.35. The van der Waals surface area contributed by atoms with E-state index in [1.54, 1.807) is 20.3 Å². The van der Waals surface area contributed by atoms with E-state index in [2.05, 4.69) is 4.90 Å². The van der Waals surface area contributed by atoms with Crippen LogP contribution >= 0.6 is 0 Å². The second-order valence-electron chi connectivity index (χ2n) is 4.60. The Bertz CT molecular complexity index is 388. The van der Waals surface area contributed by atoms with Gasteiger partial charge in [-0.25, -0.2) is 4.39 Å². The molecule has 0 bridgehead atoms. The molecule has 0 aliphatic heterocycles. The maximum Gasteiger partial charge on any atom is 0.128 e. The lowest BCUT2D eigenvalue weighted by atomic mass is 10.1. The SMILES string of the molecule is COCCCN(CCOC)c1cccc(F)c1CCN. The molecule has 0 saturated heterocycles. The number of nitrogens with zero attached hydrogens (tertiary/aromatic N) is 1. The van der Waals surface area contributed by atoms with Crippen LogP contribution in [0.1, 0.15) is 12.0 Å². The van der Waals surface area contributed by atoms with Gasteiger partial charge in [0.1, 0.15) is 5.82 Å². The van der Waals surface area contributed by atoms with Crippen molar-refractivity contribution in [1.82, 2.24) is 0 Å². The van der Waals surface area contributed by atoms with Crippen LogP contribution in [0.3, 0.4) is 0 Å². The molecule has 0 amide bonds. The van der Waals surface area contributed by atoms with Crippen molar-refractivity contribution in [1.29, 1.82) is 0 Å². The van der Waals surface area contributed by atoms with E-state index in [0.29, 0.717) is 31.7 Å². The predicted octanol–water partition coefficient (Wildman–Crippen LogP) is 1.82. The zero-order valence-electron chi connectivity index (χ0n) is 12.4. The summed E-state index contributed by atoms with van der Waals surface area (Å²) in [5.74, 6) is -0.192. The van der Waals surface area contributed by atoms with Crippen LogP contribution in [0.2, 0.25) is 0 Å². The summed E-state index contributed by atoms with van der Waals surface area (Å²) in [5, 5.41) is 0. The van der Waals surface area contributed by atoms with E-state index in [9.17, 15) is 4.39 Å². The van der Waals surface area contributed by atoms with Crippen molar-refractivity contribution >= 4 is 5.69 Å². The summed E-state index contributed by atoms with van der Waals surface area (Å²) in [6, 6.07) is 5.16. The molecule has 20 heavy (non-hydrogen) atoms. The predicted molar refractivity (Wildman–Crippen MR) is 79.7 cm³/mol. The van der Waals surface area contributed by atoms with Crippen LogP contribution in [0.15, 0.2) is 18.2 Å². The summed E-state index contributed by atoms with van der Waals surface area (Å²) >= 11 is 0. The molecular formula is C15H25FN2O2. The first kappa shape index (κ1) is 16.9. The standard InChI is InChI=1S/C15H25FN2O2/c1-19-11-4-9-18(10-12-20-2)15-6-3-5-14(16)13(15)7-8-17/h3,5-6H,4,7-12,17H2,1-2H3. The number of hydrogen-bond acceptors (Lipinski definition) is 4. The topological polar surface area (TPSA) is 47.7 Å². The summed E-state index contributed by atoms with van der Waals surface area (Å²) in [6.07, 6.45) is 1.43. The Morgan fingerprint density at radius 1 is 1.15 bits per heavy atom. The molecule has 0 aromatic heterocycles. The molecule has 2 N–H and O–H groups in total. The molecule has 0 saturated carbocycles. The van der Waals surface area contributed by atoms with Crippen LogP contribution in [0, 0.1) is 5.82 Å². The Balaban J connectivity index is 2.89. The van der Waals surface area contributed by atoms with Gasteiger partial charge in [0, 0.05) is 45.2 Å². The Morgan fingerprint density at radius 2 is 1.90 bits per heavy atom. The monoisotopic (exact) mass is 284 g/mol. The van der Waals surface area contributed by atoms with Crippen molar-refractivity contribution in [3.8, 4) is 0 Å². The van der Waals surface area contributed by atoms with Crippen molar-refractivity contribution in [2.75, 3.05) is 52.0 Å². The van der Waals surface area contributed by atoms with E-state index in [4.69, 9.17) is 15.2 Å². The van der Waals surface area contributed by atoms with Crippen LogP contribution in [0.4, 0.5) is 10.1 Å². The van der Waals surface area contributed by atoms with Gasteiger partial charge < -0.3 is 20.1 Å². The molecule has 4 nitrogen and oxygen atoms in total. The van der Waals surface area contributed by atoms with Crippen LogP contribution in [-0.2, 0) is 15.9 Å². The maximum atomic E-state index is 14.0. The van der Waals surface area contributed by atoms with E-state index >= 15 is 0 Å². The van der Waals surface area contributed by atoms with Gasteiger partial charge in [0.15, 0.2) is 0 Å². The Kier molecular flexibility index (Phi) is 8.18. The Morgan fingerprint density at radius 3 is 2.55 bits per heavy atom. The first-order valence-corrected chi connectivity index (χ1v) is 6.94. The number of methoxy groups -OCH3 is 2. The van der Waals surface area contributed by atoms with Gasteiger partial charge in [0.2, 0.25) is 0 Å².